The van der Waals surface area contributed by atoms with Gasteiger partial charge in [-0.2, -0.15) is 0 Å². The zero-order valence-corrected chi connectivity index (χ0v) is 15.4. The first-order valence-electron chi connectivity index (χ1n) is 7.25. The summed E-state index contributed by atoms with van der Waals surface area (Å²) in [5.41, 5.74) is 1.34. The second-order valence-corrected chi connectivity index (χ2v) is 7.13. The third-order valence-electron chi connectivity index (χ3n) is 3.48. The van der Waals surface area contributed by atoms with E-state index in [9.17, 15) is 9.18 Å². The third-order valence-corrected chi connectivity index (χ3v) is 4.89. The van der Waals surface area contributed by atoms with Crippen molar-refractivity contribution in [2.45, 2.75) is 11.7 Å². The van der Waals surface area contributed by atoms with Crippen molar-refractivity contribution in [3.05, 3.63) is 58.0 Å². The maximum absolute atomic E-state index is 12.9. The molecule has 2 aromatic heterocycles. The van der Waals surface area contributed by atoms with Gasteiger partial charge >= 0.3 is 0 Å². The van der Waals surface area contributed by atoms with E-state index in [0.717, 1.165) is 5.56 Å². The van der Waals surface area contributed by atoms with Gasteiger partial charge in [-0.1, -0.05) is 47.1 Å². The zero-order chi connectivity index (χ0) is 18.0. The molecule has 3 rings (SSSR count). The van der Waals surface area contributed by atoms with E-state index in [1.165, 1.54) is 23.9 Å². The highest BCUT2D eigenvalue weighted by Crippen LogP contribution is 2.25. The lowest BCUT2D eigenvalue weighted by molar-refractivity contribution is -0.127. The van der Waals surface area contributed by atoms with Crippen molar-refractivity contribution >= 4 is 46.5 Å². The molecule has 0 aliphatic carbocycles. The Balaban J connectivity index is 1.65. The van der Waals surface area contributed by atoms with Crippen molar-refractivity contribution in [3.63, 3.8) is 0 Å². The van der Waals surface area contributed by atoms with Gasteiger partial charge in [0.25, 0.3) is 0 Å². The Hall–Kier alpha value is -1.83. The molecule has 0 saturated heterocycles. The van der Waals surface area contributed by atoms with E-state index < -0.39 is 0 Å². The number of amides is 1. The number of pyridine rings is 1. The van der Waals surface area contributed by atoms with Gasteiger partial charge < -0.3 is 4.90 Å². The molecule has 1 amide bonds. The van der Waals surface area contributed by atoms with Crippen molar-refractivity contribution in [1.82, 2.24) is 19.5 Å². The molecule has 9 heteroatoms. The number of hydrogen-bond acceptors (Lipinski definition) is 4. The smallest absolute Gasteiger partial charge is 0.233 e. The summed E-state index contributed by atoms with van der Waals surface area (Å²) < 4.78 is 14.6. The number of nitrogens with zero attached hydrogens (tertiary/aromatic N) is 4. The largest absolute Gasteiger partial charge is 0.341 e. The van der Waals surface area contributed by atoms with Crippen LogP contribution in [0, 0.1) is 5.82 Å². The van der Waals surface area contributed by atoms with Crippen LogP contribution < -0.4 is 0 Å². The molecule has 0 radical (unpaired) electrons. The lowest BCUT2D eigenvalue weighted by Gasteiger charge is -2.16. The van der Waals surface area contributed by atoms with Gasteiger partial charge in [-0.05, 0) is 23.8 Å². The Labute approximate surface area is 157 Å². The number of hydrogen-bond donors (Lipinski definition) is 0. The van der Waals surface area contributed by atoms with Gasteiger partial charge in [0.15, 0.2) is 10.8 Å². The maximum Gasteiger partial charge on any atom is 0.233 e. The van der Waals surface area contributed by atoms with Crippen molar-refractivity contribution in [1.29, 1.82) is 0 Å². The summed E-state index contributed by atoms with van der Waals surface area (Å²) in [6.07, 6.45) is 1.65. The predicted molar refractivity (Wildman–Crippen MR) is 96.6 cm³/mol. The summed E-state index contributed by atoms with van der Waals surface area (Å²) in [5, 5.41) is 9.42. The van der Waals surface area contributed by atoms with Crippen LogP contribution in [-0.2, 0) is 11.3 Å². The average Bonchev–Trinajstić information content (AvgIpc) is 2.98. The van der Waals surface area contributed by atoms with Crippen LogP contribution in [0.3, 0.4) is 0 Å². The normalized spacial score (nSPS) is 11.0. The Morgan fingerprint density at radius 2 is 2.00 bits per heavy atom. The van der Waals surface area contributed by atoms with Crippen LogP contribution in [-0.4, -0.2) is 38.2 Å². The number of carbonyl (C=O) groups excluding carboxylic acids is 1. The highest BCUT2D eigenvalue weighted by atomic mass is 35.5. The summed E-state index contributed by atoms with van der Waals surface area (Å²) in [7, 11) is 1.70. The minimum atomic E-state index is -0.302. The summed E-state index contributed by atoms with van der Waals surface area (Å²) in [4.78, 5) is 13.9. The summed E-state index contributed by atoms with van der Waals surface area (Å²) in [6.45, 7) is 0.401. The highest BCUT2D eigenvalue weighted by molar-refractivity contribution is 7.99. The second-order valence-electron chi connectivity index (χ2n) is 5.35. The summed E-state index contributed by atoms with van der Waals surface area (Å²) in [6, 6.07) is 7.64. The maximum atomic E-state index is 12.9. The minimum absolute atomic E-state index is 0.0841. The first-order valence-corrected chi connectivity index (χ1v) is 8.99. The molecule has 0 bridgehead atoms. The fraction of sp³-hybridized carbons (Fsp3) is 0.188. The number of carbonyl (C=O) groups is 1. The Morgan fingerprint density at radius 1 is 1.28 bits per heavy atom. The number of benzene rings is 1. The quantitative estimate of drug-likeness (QED) is 0.611. The van der Waals surface area contributed by atoms with E-state index in [2.05, 4.69) is 10.2 Å². The molecule has 130 valence electrons. The van der Waals surface area contributed by atoms with Crippen molar-refractivity contribution in [2.24, 2.45) is 0 Å². The lowest BCUT2D eigenvalue weighted by Crippen LogP contribution is -2.27. The van der Waals surface area contributed by atoms with E-state index in [1.54, 1.807) is 40.7 Å². The van der Waals surface area contributed by atoms with E-state index in [-0.39, 0.29) is 17.5 Å². The van der Waals surface area contributed by atoms with Crippen LogP contribution in [0.2, 0.25) is 10.0 Å². The molecule has 2 heterocycles. The highest BCUT2D eigenvalue weighted by Gasteiger charge is 2.14. The minimum Gasteiger partial charge on any atom is -0.341 e. The first-order chi connectivity index (χ1) is 11.9. The molecule has 0 spiro atoms. The van der Waals surface area contributed by atoms with Gasteiger partial charge in [-0.25, -0.2) is 4.39 Å². The Bertz CT molecular complexity index is 916. The summed E-state index contributed by atoms with van der Waals surface area (Å²) in [5.74, 6) is -0.203. The van der Waals surface area contributed by atoms with Crippen molar-refractivity contribution in [2.75, 3.05) is 12.8 Å². The van der Waals surface area contributed by atoms with Gasteiger partial charge in [0.1, 0.15) is 5.82 Å². The molecule has 0 atom stereocenters. The predicted octanol–water partition coefficient (Wildman–Crippen LogP) is 3.93. The molecule has 0 unspecified atom stereocenters. The molecular weight excluding hydrogens is 386 g/mol. The van der Waals surface area contributed by atoms with Gasteiger partial charge in [-0.15, -0.1) is 10.2 Å². The molecule has 0 N–H and O–H groups in total. The van der Waals surface area contributed by atoms with Crippen molar-refractivity contribution < 1.29 is 9.18 Å². The fourth-order valence-electron chi connectivity index (χ4n) is 2.19. The van der Waals surface area contributed by atoms with Crippen LogP contribution in [0.1, 0.15) is 5.56 Å². The number of aromatic nitrogens is 3. The van der Waals surface area contributed by atoms with E-state index in [1.807, 2.05) is 0 Å². The molecule has 3 aromatic rings. The zero-order valence-electron chi connectivity index (χ0n) is 13.1. The van der Waals surface area contributed by atoms with Gasteiger partial charge in [0.2, 0.25) is 5.91 Å². The molecule has 0 saturated carbocycles. The van der Waals surface area contributed by atoms with Gasteiger partial charge in [0, 0.05) is 19.8 Å². The van der Waals surface area contributed by atoms with Crippen LogP contribution in [0.4, 0.5) is 4.39 Å². The van der Waals surface area contributed by atoms with E-state index >= 15 is 0 Å². The standard InChI is InChI=1S/C16H13Cl2FN4OS/c1-22(7-10-2-4-12(19)5-3-10)14(24)9-25-16-21-20-15-13(18)6-11(17)8-23(15)16/h2-6,8H,7,9H2,1H3. The van der Waals surface area contributed by atoms with Crippen LogP contribution in [0.15, 0.2) is 41.7 Å². The number of rotatable bonds is 5. The van der Waals surface area contributed by atoms with Gasteiger partial charge in [-0.3, -0.25) is 9.20 Å². The number of fused-ring (bicyclic) bond motifs is 1. The monoisotopic (exact) mass is 398 g/mol. The molecule has 25 heavy (non-hydrogen) atoms. The first kappa shape index (κ1) is 18.0. The molecule has 1 aromatic carbocycles. The molecule has 0 fully saturated rings. The van der Waals surface area contributed by atoms with Crippen LogP contribution >= 0.6 is 35.0 Å². The van der Waals surface area contributed by atoms with Crippen molar-refractivity contribution in [3.8, 4) is 0 Å². The SMILES string of the molecule is CN(Cc1ccc(F)cc1)C(=O)CSc1nnc2c(Cl)cc(Cl)cn12. The topological polar surface area (TPSA) is 50.5 Å². The molecule has 0 aliphatic heterocycles. The van der Waals surface area contributed by atoms with Crippen LogP contribution in [0.25, 0.3) is 5.65 Å². The second kappa shape index (κ2) is 7.59. The number of thioether (sulfide) groups is 1. The fourth-order valence-corrected chi connectivity index (χ4v) is 3.55. The average molecular weight is 399 g/mol. The van der Waals surface area contributed by atoms with Gasteiger partial charge in [0.05, 0.1) is 15.8 Å². The number of halogens is 3. The van der Waals surface area contributed by atoms with Crippen LogP contribution in [0.5, 0.6) is 0 Å². The molecular formula is C16H13Cl2FN4OS. The third kappa shape index (κ3) is 4.23. The van der Waals surface area contributed by atoms with E-state index in [4.69, 9.17) is 23.2 Å². The van der Waals surface area contributed by atoms with E-state index in [0.29, 0.717) is 27.4 Å². The summed E-state index contributed by atoms with van der Waals surface area (Å²) >= 11 is 13.3. The molecule has 5 nitrogen and oxygen atoms in total. The Morgan fingerprint density at radius 3 is 2.72 bits per heavy atom. The molecule has 0 aliphatic rings. The Kier molecular flexibility index (Phi) is 5.46. The lowest BCUT2D eigenvalue weighted by atomic mass is 10.2.